The second-order valence-corrected chi connectivity index (χ2v) is 7.12. The lowest BCUT2D eigenvalue weighted by Gasteiger charge is -2.23. The molecule has 14 heavy (non-hydrogen) atoms. The summed E-state index contributed by atoms with van der Waals surface area (Å²) in [5, 5.41) is 0.684. The van der Waals surface area contributed by atoms with Crippen LogP contribution in [0.15, 0.2) is 24.3 Å². The van der Waals surface area contributed by atoms with E-state index >= 15 is 0 Å². The summed E-state index contributed by atoms with van der Waals surface area (Å²) in [7, 11) is -2.03. The molecular formula is C10H15ClO2Si. The van der Waals surface area contributed by atoms with Gasteiger partial charge in [0.25, 0.3) is 0 Å². The Kier molecular flexibility index (Phi) is 3.98. The van der Waals surface area contributed by atoms with Gasteiger partial charge >= 0.3 is 8.56 Å². The van der Waals surface area contributed by atoms with Crippen molar-refractivity contribution in [3.8, 4) is 5.75 Å². The fourth-order valence-corrected chi connectivity index (χ4v) is 2.82. The van der Waals surface area contributed by atoms with E-state index in [9.17, 15) is 0 Å². The Balaban J connectivity index is 2.68. The van der Waals surface area contributed by atoms with Crippen molar-refractivity contribution in [2.24, 2.45) is 0 Å². The molecule has 0 spiro atoms. The zero-order chi connectivity index (χ0) is 10.6. The Labute approximate surface area is 91.0 Å². The van der Waals surface area contributed by atoms with E-state index in [1.807, 2.05) is 38.2 Å². The largest absolute Gasteiger partial charge is 0.520 e. The standard InChI is InChI=1S/C10H15ClO2Si/c1-4-12-14(2,3)13-10-7-5-6-9(11)8-10/h5-8H,4H2,1-3H3. The molecule has 0 heterocycles. The van der Waals surface area contributed by atoms with Crippen molar-refractivity contribution < 1.29 is 8.85 Å². The summed E-state index contributed by atoms with van der Waals surface area (Å²) in [5.74, 6) is 0.780. The van der Waals surface area contributed by atoms with Gasteiger partial charge in [-0.2, -0.15) is 0 Å². The van der Waals surface area contributed by atoms with Gasteiger partial charge in [0, 0.05) is 11.6 Å². The van der Waals surface area contributed by atoms with Gasteiger partial charge in [-0.15, -0.1) is 0 Å². The van der Waals surface area contributed by atoms with Crippen molar-refractivity contribution in [3.63, 3.8) is 0 Å². The average Bonchev–Trinajstić information content (AvgIpc) is 2.02. The average molecular weight is 231 g/mol. The topological polar surface area (TPSA) is 18.5 Å². The van der Waals surface area contributed by atoms with E-state index in [0.29, 0.717) is 11.6 Å². The first-order valence-corrected chi connectivity index (χ1v) is 7.81. The zero-order valence-electron chi connectivity index (χ0n) is 8.71. The van der Waals surface area contributed by atoms with Crippen molar-refractivity contribution in [1.29, 1.82) is 0 Å². The molecule has 0 bridgehead atoms. The highest BCUT2D eigenvalue weighted by Gasteiger charge is 2.25. The van der Waals surface area contributed by atoms with Crippen LogP contribution in [-0.2, 0) is 4.43 Å². The summed E-state index contributed by atoms with van der Waals surface area (Å²) in [4.78, 5) is 0. The van der Waals surface area contributed by atoms with E-state index in [4.69, 9.17) is 20.5 Å². The molecule has 0 aliphatic carbocycles. The highest BCUT2D eigenvalue weighted by atomic mass is 35.5. The fourth-order valence-electron chi connectivity index (χ4n) is 1.19. The van der Waals surface area contributed by atoms with Crippen LogP contribution >= 0.6 is 11.6 Å². The molecular weight excluding hydrogens is 216 g/mol. The lowest BCUT2D eigenvalue weighted by atomic mass is 10.3. The molecule has 0 saturated carbocycles. The second kappa shape index (κ2) is 4.82. The molecule has 4 heteroatoms. The Morgan fingerprint density at radius 3 is 2.64 bits per heavy atom. The Morgan fingerprint density at radius 2 is 2.07 bits per heavy atom. The van der Waals surface area contributed by atoms with E-state index in [1.54, 1.807) is 6.07 Å². The third kappa shape index (κ3) is 3.70. The summed E-state index contributed by atoms with van der Waals surface area (Å²) < 4.78 is 11.3. The van der Waals surface area contributed by atoms with E-state index in [0.717, 1.165) is 5.75 Å². The summed E-state index contributed by atoms with van der Waals surface area (Å²) in [6.45, 7) is 6.67. The molecule has 2 nitrogen and oxygen atoms in total. The molecule has 0 aromatic heterocycles. The monoisotopic (exact) mass is 230 g/mol. The first kappa shape index (κ1) is 11.6. The van der Waals surface area contributed by atoms with Crippen LogP contribution in [0, 0.1) is 0 Å². The van der Waals surface area contributed by atoms with Crippen molar-refractivity contribution >= 4 is 20.2 Å². The predicted molar refractivity (Wildman–Crippen MR) is 61.2 cm³/mol. The van der Waals surface area contributed by atoms with Crippen LogP contribution in [0.3, 0.4) is 0 Å². The van der Waals surface area contributed by atoms with Crippen molar-refractivity contribution in [2.75, 3.05) is 6.61 Å². The minimum absolute atomic E-state index is 0.680. The van der Waals surface area contributed by atoms with Crippen LogP contribution in [0.5, 0.6) is 5.75 Å². The fraction of sp³-hybridized carbons (Fsp3) is 0.400. The molecule has 0 N–H and O–H groups in total. The van der Waals surface area contributed by atoms with Crippen molar-refractivity contribution in [2.45, 2.75) is 20.0 Å². The maximum atomic E-state index is 5.85. The summed E-state index contributed by atoms with van der Waals surface area (Å²) >= 11 is 5.85. The van der Waals surface area contributed by atoms with Crippen molar-refractivity contribution in [3.05, 3.63) is 29.3 Å². The van der Waals surface area contributed by atoms with Gasteiger partial charge in [0.15, 0.2) is 0 Å². The quantitative estimate of drug-likeness (QED) is 0.738. The van der Waals surface area contributed by atoms with Crippen LogP contribution < -0.4 is 4.43 Å². The Hall–Kier alpha value is -0.513. The third-order valence-corrected chi connectivity index (χ3v) is 3.60. The lowest BCUT2D eigenvalue weighted by Crippen LogP contribution is -2.38. The first-order valence-electron chi connectivity index (χ1n) is 4.62. The zero-order valence-corrected chi connectivity index (χ0v) is 10.5. The normalized spacial score (nSPS) is 11.4. The van der Waals surface area contributed by atoms with Gasteiger partial charge in [-0.05, 0) is 38.2 Å². The van der Waals surface area contributed by atoms with Crippen LogP contribution in [-0.4, -0.2) is 15.2 Å². The SMILES string of the molecule is CCO[Si](C)(C)Oc1cccc(Cl)c1. The molecule has 0 atom stereocenters. The summed E-state index contributed by atoms with van der Waals surface area (Å²) in [5.41, 5.74) is 0. The van der Waals surface area contributed by atoms with Crippen LogP contribution in [0.4, 0.5) is 0 Å². The predicted octanol–water partition coefficient (Wildman–Crippen LogP) is 3.46. The Bertz CT molecular complexity index is 302. The van der Waals surface area contributed by atoms with E-state index in [2.05, 4.69) is 0 Å². The van der Waals surface area contributed by atoms with Gasteiger partial charge in [-0.25, -0.2) is 0 Å². The van der Waals surface area contributed by atoms with Gasteiger partial charge < -0.3 is 8.85 Å². The molecule has 1 aromatic carbocycles. The minimum Gasteiger partial charge on any atom is -0.520 e. The second-order valence-electron chi connectivity index (χ2n) is 3.39. The molecule has 0 amide bonds. The number of hydrogen-bond acceptors (Lipinski definition) is 2. The summed E-state index contributed by atoms with van der Waals surface area (Å²) in [6, 6.07) is 7.38. The smallest absolute Gasteiger partial charge is 0.392 e. The molecule has 1 rings (SSSR count). The maximum absolute atomic E-state index is 5.85. The number of halogens is 1. The van der Waals surface area contributed by atoms with Crippen LogP contribution in [0.25, 0.3) is 0 Å². The lowest BCUT2D eigenvalue weighted by molar-refractivity contribution is 0.264. The first-order chi connectivity index (χ1) is 6.53. The van der Waals surface area contributed by atoms with Gasteiger partial charge in [-0.3, -0.25) is 0 Å². The van der Waals surface area contributed by atoms with Crippen LogP contribution in [0.2, 0.25) is 18.1 Å². The highest BCUT2D eigenvalue weighted by molar-refractivity contribution is 6.65. The molecule has 0 unspecified atom stereocenters. The number of benzene rings is 1. The molecule has 1 aromatic rings. The Morgan fingerprint density at radius 1 is 1.36 bits per heavy atom. The van der Waals surface area contributed by atoms with E-state index in [-0.39, 0.29) is 0 Å². The van der Waals surface area contributed by atoms with Crippen LogP contribution in [0.1, 0.15) is 6.92 Å². The molecule has 0 radical (unpaired) electrons. The van der Waals surface area contributed by atoms with Gasteiger partial charge in [0.05, 0.1) is 0 Å². The molecule has 0 aliphatic rings. The molecule has 0 fully saturated rings. The summed E-state index contributed by atoms with van der Waals surface area (Å²) in [6.07, 6.45) is 0. The molecule has 0 saturated heterocycles. The van der Waals surface area contributed by atoms with E-state index < -0.39 is 8.56 Å². The molecule has 0 aliphatic heterocycles. The van der Waals surface area contributed by atoms with Gasteiger partial charge in [-0.1, -0.05) is 17.7 Å². The number of rotatable bonds is 4. The maximum Gasteiger partial charge on any atom is 0.392 e. The van der Waals surface area contributed by atoms with Crippen molar-refractivity contribution in [1.82, 2.24) is 0 Å². The number of hydrogen-bond donors (Lipinski definition) is 0. The molecule has 78 valence electrons. The minimum atomic E-state index is -2.03. The van der Waals surface area contributed by atoms with E-state index in [1.165, 1.54) is 0 Å². The highest BCUT2D eigenvalue weighted by Crippen LogP contribution is 2.20. The third-order valence-electron chi connectivity index (χ3n) is 1.65. The van der Waals surface area contributed by atoms with Gasteiger partial charge in [0.2, 0.25) is 0 Å². The van der Waals surface area contributed by atoms with Gasteiger partial charge in [0.1, 0.15) is 5.75 Å².